The second kappa shape index (κ2) is 7.38. The van der Waals surface area contributed by atoms with Gasteiger partial charge in [-0.15, -0.1) is 0 Å². The van der Waals surface area contributed by atoms with Crippen molar-refractivity contribution >= 4 is 17.3 Å². The smallest absolute Gasteiger partial charge is 0.276 e. The lowest BCUT2D eigenvalue weighted by atomic mass is 10.1. The number of nitro benzene ring substituents is 1. The number of aromatic nitrogens is 1. The van der Waals surface area contributed by atoms with Crippen LogP contribution >= 0.6 is 0 Å². The minimum Gasteiger partial charge on any atom is -0.368 e. The molecule has 0 unspecified atom stereocenters. The number of non-ortho nitro benzene ring substituents is 1. The molecule has 4 rings (SSSR count). The molecule has 0 atom stereocenters. The monoisotopic (exact) mass is 370 g/mol. The molecule has 8 heteroatoms. The van der Waals surface area contributed by atoms with Crippen LogP contribution in [0.3, 0.4) is 0 Å². The second-order valence-corrected chi connectivity index (χ2v) is 7.05. The average Bonchev–Trinajstić information content (AvgIpc) is 2.95. The van der Waals surface area contributed by atoms with E-state index in [2.05, 4.69) is 10.1 Å². The summed E-state index contributed by atoms with van der Waals surface area (Å²) in [6.45, 7) is 2.56. The lowest BCUT2D eigenvalue weighted by Crippen LogP contribution is -2.49. The molecular weight excluding hydrogens is 348 g/mol. The fourth-order valence-electron chi connectivity index (χ4n) is 3.83. The Morgan fingerprint density at radius 2 is 1.74 bits per heavy atom. The molecule has 0 bridgehead atoms. The number of fused-ring (bicyclic) bond motifs is 1. The molecule has 27 heavy (non-hydrogen) atoms. The third-order valence-corrected chi connectivity index (χ3v) is 5.40. The highest BCUT2D eigenvalue weighted by molar-refractivity contribution is 5.94. The fourth-order valence-corrected chi connectivity index (χ4v) is 3.83. The highest BCUT2D eigenvalue weighted by Gasteiger charge is 2.29. The topological polar surface area (TPSA) is 92.7 Å². The van der Waals surface area contributed by atoms with E-state index in [0.29, 0.717) is 31.9 Å². The lowest BCUT2D eigenvalue weighted by molar-refractivity contribution is -0.384. The molecule has 1 aliphatic heterocycles. The summed E-state index contributed by atoms with van der Waals surface area (Å²) < 4.78 is 5.44. The van der Waals surface area contributed by atoms with Crippen molar-refractivity contribution in [2.45, 2.75) is 32.1 Å². The van der Waals surface area contributed by atoms with Crippen molar-refractivity contribution < 1.29 is 14.2 Å². The number of aryl methyl sites for hydroxylation is 1. The van der Waals surface area contributed by atoms with Gasteiger partial charge in [0.05, 0.1) is 4.92 Å². The molecule has 1 aromatic carbocycles. The van der Waals surface area contributed by atoms with Crippen LogP contribution < -0.4 is 4.90 Å². The van der Waals surface area contributed by atoms with E-state index in [0.717, 1.165) is 49.1 Å². The van der Waals surface area contributed by atoms with Crippen molar-refractivity contribution in [3.63, 3.8) is 0 Å². The van der Waals surface area contributed by atoms with Crippen LogP contribution in [-0.4, -0.2) is 47.1 Å². The van der Waals surface area contributed by atoms with Gasteiger partial charge in [-0.2, -0.15) is 0 Å². The molecule has 1 fully saturated rings. The summed E-state index contributed by atoms with van der Waals surface area (Å²) >= 11 is 0. The summed E-state index contributed by atoms with van der Waals surface area (Å²) in [5.41, 5.74) is 2.49. The molecular formula is C19H22N4O4. The maximum atomic E-state index is 12.9. The van der Waals surface area contributed by atoms with Gasteiger partial charge in [0.2, 0.25) is 0 Å². The number of carbonyl (C=O) groups excluding carboxylic acids is 1. The molecule has 1 aromatic heterocycles. The van der Waals surface area contributed by atoms with Gasteiger partial charge in [0.25, 0.3) is 11.6 Å². The van der Waals surface area contributed by atoms with E-state index in [1.165, 1.54) is 12.1 Å². The van der Waals surface area contributed by atoms with Crippen LogP contribution in [0, 0.1) is 10.1 Å². The predicted molar refractivity (Wildman–Crippen MR) is 99.0 cm³/mol. The number of carbonyl (C=O) groups is 1. The van der Waals surface area contributed by atoms with Gasteiger partial charge in [0.1, 0.15) is 5.76 Å². The van der Waals surface area contributed by atoms with Crippen LogP contribution in [0.5, 0.6) is 0 Å². The van der Waals surface area contributed by atoms with Gasteiger partial charge in [0, 0.05) is 56.0 Å². The first kappa shape index (κ1) is 17.5. The molecule has 2 aliphatic rings. The van der Waals surface area contributed by atoms with E-state index < -0.39 is 4.92 Å². The Hall–Kier alpha value is -2.90. The zero-order chi connectivity index (χ0) is 18.8. The van der Waals surface area contributed by atoms with Crippen molar-refractivity contribution in [1.82, 2.24) is 10.1 Å². The van der Waals surface area contributed by atoms with E-state index >= 15 is 0 Å². The summed E-state index contributed by atoms with van der Waals surface area (Å²) in [5.74, 6) is 0.825. The Balaban J connectivity index is 1.41. The van der Waals surface area contributed by atoms with Crippen LogP contribution in [0.2, 0.25) is 0 Å². The first-order chi connectivity index (χ1) is 13.1. The molecule has 8 nitrogen and oxygen atoms in total. The number of rotatable bonds is 3. The Bertz CT molecular complexity index is 838. The number of nitro groups is 1. The summed E-state index contributed by atoms with van der Waals surface area (Å²) in [5, 5.41) is 14.9. The summed E-state index contributed by atoms with van der Waals surface area (Å²) in [6.07, 6.45) is 5.05. The van der Waals surface area contributed by atoms with Gasteiger partial charge in [0.15, 0.2) is 5.69 Å². The van der Waals surface area contributed by atoms with Crippen molar-refractivity contribution in [3.05, 3.63) is 51.4 Å². The van der Waals surface area contributed by atoms with E-state index in [-0.39, 0.29) is 11.6 Å². The molecule has 0 radical (unpaired) electrons. The first-order valence-corrected chi connectivity index (χ1v) is 9.39. The van der Waals surface area contributed by atoms with Crippen LogP contribution in [0.15, 0.2) is 28.8 Å². The number of benzene rings is 1. The van der Waals surface area contributed by atoms with E-state index in [4.69, 9.17) is 4.52 Å². The molecule has 1 saturated heterocycles. The van der Waals surface area contributed by atoms with Crippen molar-refractivity contribution in [2.24, 2.45) is 0 Å². The van der Waals surface area contributed by atoms with Crippen LogP contribution in [0.1, 0.15) is 41.1 Å². The summed E-state index contributed by atoms with van der Waals surface area (Å²) in [7, 11) is 0. The number of anilines is 1. The molecule has 2 aromatic rings. The van der Waals surface area contributed by atoms with E-state index in [1.807, 2.05) is 4.90 Å². The predicted octanol–water partition coefficient (Wildman–Crippen LogP) is 2.81. The Morgan fingerprint density at radius 1 is 1.04 bits per heavy atom. The zero-order valence-electron chi connectivity index (χ0n) is 15.1. The van der Waals surface area contributed by atoms with Gasteiger partial charge >= 0.3 is 0 Å². The Morgan fingerprint density at radius 3 is 2.44 bits per heavy atom. The SMILES string of the molecule is O=C(c1noc2c1CCCCC2)N1CCN(c2ccc([N+](=O)[O-])cc2)CC1. The Kier molecular flexibility index (Phi) is 4.79. The van der Waals surface area contributed by atoms with Crippen molar-refractivity contribution in [1.29, 1.82) is 0 Å². The normalized spacial score (nSPS) is 17.3. The minimum absolute atomic E-state index is 0.0507. The maximum Gasteiger partial charge on any atom is 0.276 e. The second-order valence-electron chi connectivity index (χ2n) is 7.05. The van der Waals surface area contributed by atoms with E-state index in [9.17, 15) is 14.9 Å². The number of amides is 1. The standard InChI is InChI=1S/C19H22N4O4/c24-19(18-16-4-2-1-3-5-17(16)27-20-18)22-12-10-21(11-13-22)14-6-8-15(9-7-14)23(25)26/h6-9H,1-5,10-13H2. The van der Waals surface area contributed by atoms with Crippen LogP contribution in [-0.2, 0) is 12.8 Å². The average molecular weight is 370 g/mol. The van der Waals surface area contributed by atoms with Crippen LogP contribution in [0.4, 0.5) is 11.4 Å². The first-order valence-electron chi connectivity index (χ1n) is 9.39. The number of nitrogens with zero attached hydrogens (tertiary/aromatic N) is 4. The summed E-state index contributed by atoms with van der Waals surface area (Å²) in [6, 6.07) is 6.54. The third-order valence-electron chi connectivity index (χ3n) is 5.40. The van der Waals surface area contributed by atoms with Gasteiger partial charge in [-0.05, 0) is 31.4 Å². The molecule has 0 spiro atoms. The van der Waals surface area contributed by atoms with E-state index in [1.54, 1.807) is 12.1 Å². The van der Waals surface area contributed by atoms with Crippen molar-refractivity contribution in [3.8, 4) is 0 Å². The molecule has 1 amide bonds. The molecule has 0 saturated carbocycles. The van der Waals surface area contributed by atoms with Crippen molar-refractivity contribution in [2.75, 3.05) is 31.1 Å². The highest BCUT2D eigenvalue weighted by Crippen LogP contribution is 2.25. The largest absolute Gasteiger partial charge is 0.368 e. The fraction of sp³-hybridized carbons (Fsp3) is 0.474. The van der Waals surface area contributed by atoms with Gasteiger partial charge in [-0.25, -0.2) is 0 Å². The van der Waals surface area contributed by atoms with Gasteiger partial charge < -0.3 is 14.3 Å². The quantitative estimate of drug-likeness (QED) is 0.469. The molecule has 2 heterocycles. The highest BCUT2D eigenvalue weighted by atomic mass is 16.6. The summed E-state index contributed by atoms with van der Waals surface area (Å²) in [4.78, 5) is 27.3. The van der Waals surface area contributed by atoms with Crippen LogP contribution in [0.25, 0.3) is 0 Å². The molecule has 0 N–H and O–H groups in total. The number of hydrogen-bond donors (Lipinski definition) is 0. The number of hydrogen-bond acceptors (Lipinski definition) is 6. The minimum atomic E-state index is -0.402. The maximum absolute atomic E-state index is 12.9. The third kappa shape index (κ3) is 3.51. The number of piperazine rings is 1. The molecule has 142 valence electrons. The van der Waals surface area contributed by atoms with Gasteiger partial charge in [-0.1, -0.05) is 11.6 Å². The van der Waals surface area contributed by atoms with Gasteiger partial charge in [-0.3, -0.25) is 14.9 Å². The zero-order valence-corrected chi connectivity index (χ0v) is 15.1. The Labute approximate surface area is 156 Å². The lowest BCUT2D eigenvalue weighted by Gasteiger charge is -2.35. The molecule has 1 aliphatic carbocycles.